The van der Waals surface area contributed by atoms with E-state index in [-0.39, 0.29) is 10.8 Å². The molecular formula is C22H28N2O3S3. The van der Waals surface area contributed by atoms with E-state index in [1.165, 1.54) is 29.0 Å². The van der Waals surface area contributed by atoms with E-state index >= 15 is 0 Å². The first kappa shape index (κ1) is 23.2. The molecule has 0 aliphatic carbocycles. The van der Waals surface area contributed by atoms with Gasteiger partial charge in [-0.3, -0.25) is 4.79 Å². The van der Waals surface area contributed by atoms with Crippen LogP contribution < -0.4 is 4.72 Å². The Hall–Kier alpha value is -1.48. The van der Waals surface area contributed by atoms with Gasteiger partial charge in [-0.25, -0.2) is 13.1 Å². The Morgan fingerprint density at radius 1 is 1.10 bits per heavy atom. The highest BCUT2D eigenvalue weighted by atomic mass is 32.2. The third-order valence-electron chi connectivity index (χ3n) is 5.03. The number of thioether (sulfide) groups is 2. The van der Waals surface area contributed by atoms with E-state index in [2.05, 4.69) is 35.9 Å². The maximum atomic E-state index is 12.9. The Labute approximate surface area is 188 Å². The SMILES string of the molecule is CSc1ccc(S(=O)(=O)NCCSCc2ccc(C)cc2)cc1C(=O)N1CCCC1. The summed E-state index contributed by atoms with van der Waals surface area (Å²) in [6.45, 7) is 3.88. The van der Waals surface area contributed by atoms with Crippen molar-refractivity contribution in [1.29, 1.82) is 0 Å². The molecule has 1 heterocycles. The maximum Gasteiger partial charge on any atom is 0.255 e. The van der Waals surface area contributed by atoms with Gasteiger partial charge in [-0.05, 0) is 49.8 Å². The van der Waals surface area contributed by atoms with Crippen LogP contribution >= 0.6 is 23.5 Å². The van der Waals surface area contributed by atoms with Crippen LogP contribution in [0.4, 0.5) is 0 Å². The van der Waals surface area contributed by atoms with Crippen LogP contribution in [0.5, 0.6) is 0 Å². The second-order valence-electron chi connectivity index (χ2n) is 7.30. The van der Waals surface area contributed by atoms with Crippen molar-refractivity contribution in [2.45, 2.75) is 35.3 Å². The van der Waals surface area contributed by atoms with Crippen LogP contribution in [-0.4, -0.2) is 50.9 Å². The first-order chi connectivity index (χ1) is 14.4. The summed E-state index contributed by atoms with van der Waals surface area (Å²) in [6.07, 6.45) is 3.90. The summed E-state index contributed by atoms with van der Waals surface area (Å²) >= 11 is 3.15. The molecule has 1 fully saturated rings. The number of sulfonamides is 1. The zero-order valence-corrected chi connectivity index (χ0v) is 19.8. The largest absolute Gasteiger partial charge is 0.339 e. The number of aryl methyl sites for hydroxylation is 1. The summed E-state index contributed by atoms with van der Waals surface area (Å²) in [6, 6.07) is 13.2. The molecule has 1 N–H and O–H groups in total. The van der Waals surface area contributed by atoms with Crippen LogP contribution in [0, 0.1) is 6.92 Å². The van der Waals surface area contributed by atoms with Gasteiger partial charge in [-0.1, -0.05) is 29.8 Å². The molecule has 8 heteroatoms. The van der Waals surface area contributed by atoms with E-state index in [1.54, 1.807) is 28.8 Å². The number of carbonyl (C=O) groups is 1. The summed E-state index contributed by atoms with van der Waals surface area (Å²) in [7, 11) is -3.66. The van der Waals surface area contributed by atoms with Crippen LogP contribution in [0.2, 0.25) is 0 Å². The van der Waals surface area contributed by atoms with Gasteiger partial charge >= 0.3 is 0 Å². The average molecular weight is 465 g/mol. The predicted octanol–water partition coefficient (Wildman–Crippen LogP) is 4.16. The topological polar surface area (TPSA) is 66.5 Å². The number of nitrogens with one attached hydrogen (secondary N) is 1. The highest BCUT2D eigenvalue weighted by Crippen LogP contribution is 2.26. The van der Waals surface area contributed by atoms with Crippen LogP contribution in [0.1, 0.15) is 34.3 Å². The molecule has 1 aliphatic rings. The fraction of sp³-hybridized carbons (Fsp3) is 0.409. The number of amides is 1. The van der Waals surface area contributed by atoms with Gasteiger partial charge in [0.05, 0.1) is 10.5 Å². The number of hydrogen-bond donors (Lipinski definition) is 1. The fourth-order valence-corrected chi connectivity index (χ4v) is 5.89. The van der Waals surface area contributed by atoms with Crippen molar-refractivity contribution in [3.8, 4) is 0 Å². The molecule has 0 unspecified atom stereocenters. The normalized spacial score (nSPS) is 14.3. The quantitative estimate of drug-likeness (QED) is 0.446. The number of hydrogen-bond acceptors (Lipinski definition) is 5. The highest BCUT2D eigenvalue weighted by molar-refractivity contribution is 7.98. The molecule has 0 radical (unpaired) electrons. The molecule has 0 spiro atoms. The third kappa shape index (κ3) is 6.03. The molecule has 0 atom stereocenters. The number of carbonyl (C=O) groups excluding carboxylic acids is 1. The van der Waals surface area contributed by atoms with Crippen molar-refractivity contribution in [1.82, 2.24) is 9.62 Å². The van der Waals surface area contributed by atoms with Gasteiger partial charge in [-0.15, -0.1) is 11.8 Å². The Bertz CT molecular complexity index is 970. The second kappa shape index (κ2) is 10.7. The molecule has 1 aliphatic heterocycles. The van der Waals surface area contributed by atoms with E-state index in [4.69, 9.17) is 0 Å². The minimum Gasteiger partial charge on any atom is -0.339 e. The first-order valence-corrected chi connectivity index (χ1v) is 13.9. The number of nitrogens with zero attached hydrogens (tertiary/aromatic N) is 1. The van der Waals surface area contributed by atoms with Crippen molar-refractivity contribution in [3.05, 3.63) is 59.2 Å². The summed E-state index contributed by atoms with van der Waals surface area (Å²) in [5, 5.41) is 0. The summed E-state index contributed by atoms with van der Waals surface area (Å²) in [4.78, 5) is 15.6. The lowest BCUT2D eigenvalue weighted by Gasteiger charge is -2.18. The lowest BCUT2D eigenvalue weighted by atomic mass is 10.2. The summed E-state index contributed by atoms with van der Waals surface area (Å²) in [5.41, 5.74) is 2.93. The van der Waals surface area contributed by atoms with Gasteiger partial charge in [0, 0.05) is 36.0 Å². The molecular weight excluding hydrogens is 436 g/mol. The van der Waals surface area contributed by atoms with Crippen LogP contribution in [0.25, 0.3) is 0 Å². The molecule has 2 aromatic carbocycles. The van der Waals surface area contributed by atoms with E-state index in [0.29, 0.717) is 17.9 Å². The summed E-state index contributed by atoms with van der Waals surface area (Å²) in [5.74, 6) is 1.44. The van der Waals surface area contributed by atoms with Crippen molar-refractivity contribution >= 4 is 39.5 Å². The van der Waals surface area contributed by atoms with E-state index in [0.717, 1.165) is 36.6 Å². The van der Waals surface area contributed by atoms with Gasteiger partial charge in [0.15, 0.2) is 0 Å². The van der Waals surface area contributed by atoms with E-state index in [9.17, 15) is 13.2 Å². The summed E-state index contributed by atoms with van der Waals surface area (Å²) < 4.78 is 28.2. The van der Waals surface area contributed by atoms with Gasteiger partial charge < -0.3 is 4.90 Å². The number of likely N-dealkylation sites (tertiary alicyclic amines) is 1. The molecule has 2 aromatic rings. The molecule has 3 rings (SSSR count). The standard InChI is InChI=1S/C22H28N2O3S3/c1-17-5-7-18(8-6-17)16-29-14-11-23-30(26,27)19-9-10-21(28-2)20(15-19)22(25)24-12-3-4-13-24/h5-10,15,23H,3-4,11-14,16H2,1-2H3. The lowest BCUT2D eigenvalue weighted by Crippen LogP contribution is -2.29. The molecule has 30 heavy (non-hydrogen) atoms. The zero-order valence-electron chi connectivity index (χ0n) is 17.4. The fourth-order valence-electron chi connectivity index (χ4n) is 3.32. The van der Waals surface area contributed by atoms with Gasteiger partial charge in [-0.2, -0.15) is 11.8 Å². The molecule has 5 nitrogen and oxygen atoms in total. The minimum absolute atomic E-state index is 0.0810. The van der Waals surface area contributed by atoms with Gasteiger partial charge in [0.1, 0.15) is 0 Å². The Morgan fingerprint density at radius 2 is 1.80 bits per heavy atom. The lowest BCUT2D eigenvalue weighted by molar-refractivity contribution is 0.0789. The van der Waals surface area contributed by atoms with Gasteiger partial charge in [0.2, 0.25) is 10.0 Å². The molecule has 1 saturated heterocycles. The molecule has 0 bridgehead atoms. The molecule has 162 valence electrons. The van der Waals surface area contributed by atoms with E-state index in [1.807, 2.05) is 6.26 Å². The number of rotatable bonds is 9. The van der Waals surface area contributed by atoms with Crippen molar-refractivity contribution in [2.75, 3.05) is 31.6 Å². The molecule has 1 amide bonds. The van der Waals surface area contributed by atoms with Crippen molar-refractivity contribution < 1.29 is 13.2 Å². The predicted molar refractivity (Wildman–Crippen MR) is 126 cm³/mol. The van der Waals surface area contributed by atoms with Crippen LogP contribution in [-0.2, 0) is 15.8 Å². The monoisotopic (exact) mass is 464 g/mol. The second-order valence-corrected chi connectivity index (χ2v) is 11.0. The smallest absolute Gasteiger partial charge is 0.255 e. The minimum atomic E-state index is -3.66. The Kier molecular flexibility index (Phi) is 8.27. The van der Waals surface area contributed by atoms with Crippen LogP contribution in [0.3, 0.4) is 0 Å². The van der Waals surface area contributed by atoms with Gasteiger partial charge in [0.25, 0.3) is 5.91 Å². The van der Waals surface area contributed by atoms with E-state index < -0.39 is 10.0 Å². The zero-order chi connectivity index (χ0) is 21.6. The molecule has 0 saturated carbocycles. The maximum absolute atomic E-state index is 12.9. The third-order valence-corrected chi connectivity index (χ3v) is 8.32. The highest BCUT2D eigenvalue weighted by Gasteiger charge is 2.24. The molecule has 0 aromatic heterocycles. The average Bonchev–Trinajstić information content (AvgIpc) is 3.28. The Balaban J connectivity index is 1.60. The number of benzene rings is 2. The first-order valence-electron chi connectivity index (χ1n) is 10.0. The van der Waals surface area contributed by atoms with Crippen LogP contribution in [0.15, 0.2) is 52.3 Å². The Morgan fingerprint density at radius 3 is 2.47 bits per heavy atom. The van der Waals surface area contributed by atoms with Crippen molar-refractivity contribution in [2.24, 2.45) is 0 Å². The van der Waals surface area contributed by atoms with Crippen molar-refractivity contribution in [3.63, 3.8) is 0 Å².